The molecule has 12 heteroatoms. The first-order chi connectivity index (χ1) is 16.0. The maximum atomic E-state index is 14.9. The van der Waals surface area contributed by atoms with Gasteiger partial charge in [0, 0.05) is 24.9 Å². The van der Waals surface area contributed by atoms with Crippen LogP contribution >= 0.6 is 0 Å². The maximum absolute atomic E-state index is 14.9. The number of aryl methyl sites for hydroxylation is 2. The fourth-order valence-electron chi connectivity index (χ4n) is 3.97. The van der Waals surface area contributed by atoms with Gasteiger partial charge in [-0.1, -0.05) is 6.07 Å². The first kappa shape index (κ1) is 23.7. The van der Waals surface area contributed by atoms with Crippen LogP contribution in [0.1, 0.15) is 40.0 Å². The molecule has 1 amide bonds. The summed E-state index contributed by atoms with van der Waals surface area (Å²) >= 11 is 0. The first-order valence-corrected chi connectivity index (χ1v) is 10.4. The van der Waals surface area contributed by atoms with Gasteiger partial charge in [0.25, 0.3) is 11.8 Å². The van der Waals surface area contributed by atoms with E-state index < -0.39 is 41.8 Å². The van der Waals surface area contributed by atoms with Gasteiger partial charge in [0.15, 0.2) is 5.82 Å². The molecule has 0 spiro atoms. The molecule has 0 unspecified atom stereocenters. The molecule has 180 valence electrons. The van der Waals surface area contributed by atoms with Crippen LogP contribution in [0.5, 0.6) is 0 Å². The Balaban J connectivity index is 1.59. The smallest absolute Gasteiger partial charge is 0.329 e. The summed E-state index contributed by atoms with van der Waals surface area (Å²) in [5.74, 6) is -4.79. The minimum atomic E-state index is -4.56. The highest BCUT2D eigenvalue weighted by Gasteiger charge is 2.50. The summed E-state index contributed by atoms with van der Waals surface area (Å²) in [5, 5.41) is 7.73. The highest BCUT2D eigenvalue weighted by atomic mass is 19.4. The van der Waals surface area contributed by atoms with Crippen LogP contribution in [0.15, 0.2) is 42.9 Å². The van der Waals surface area contributed by atoms with Crippen LogP contribution in [0.2, 0.25) is 0 Å². The van der Waals surface area contributed by atoms with Crippen molar-refractivity contribution in [3.05, 3.63) is 71.1 Å². The maximum Gasteiger partial charge on any atom is 0.417 e. The molecule has 1 fully saturated rings. The number of hydrogen-bond acceptors (Lipinski definition) is 4. The highest BCUT2D eigenvalue weighted by Crippen LogP contribution is 2.38. The van der Waals surface area contributed by atoms with Gasteiger partial charge in [0.1, 0.15) is 5.69 Å². The Morgan fingerprint density at radius 3 is 2.47 bits per heavy atom. The number of carbonyl (C=O) groups excluding carboxylic acids is 1. The molecule has 0 N–H and O–H groups in total. The van der Waals surface area contributed by atoms with E-state index in [4.69, 9.17) is 0 Å². The van der Waals surface area contributed by atoms with Gasteiger partial charge in [-0.15, -0.1) is 4.80 Å². The SMILES string of the molecule is Cc1ccc(C(=O)N2CCC(F)(F)[C@H]2CCc2ccc(C(F)(F)F)cn2)c(-n2nccn2)c1F. The molecular formula is C22H19F6N5O. The molecule has 3 heterocycles. The molecule has 34 heavy (non-hydrogen) atoms. The molecule has 3 aromatic rings. The summed E-state index contributed by atoms with van der Waals surface area (Å²) in [6.45, 7) is 1.22. The van der Waals surface area contributed by atoms with E-state index >= 15 is 0 Å². The molecule has 4 rings (SSSR count). The number of nitrogens with zero attached hydrogens (tertiary/aromatic N) is 5. The molecule has 1 atom stereocenters. The lowest BCUT2D eigenvalue weighted by Crippen LogP contribution is -2.43. The number of halogens is 6. The summed E-state index contributed by atoms with van der Waals surface area (Å²) in [5.41, 5.74) is -0.949. The van der Waals surface area contributed by atoms with E-state index in [1.54, 1.807) is 0 Å². The zero-order chi connectivity index (χ0) is 24.7. The van der Waals surface area contributed by atoms with Crippen LogP contribution in [-0.2, 0) is 12.6 Å². The van der Waals surface area contributed by atoms with E-state index in [-0.39, 0.29) is 41.9 Å². The predicted octanol–water partition coefficient (Wildman–Crippen LogP) is 4.61. The van der Waals surface area contributed by atoms with Crippen molar-refractivity contribution in [3.8, 4) is 5.69 Å². The fraction of sp³-hybridized carbons (Fsp3) is 0.364. The zero-order valence-corrected chi connectivity index (χ0v) is 17.9. The molecule has 1 aliphatic heterocycles. The monoisotopic (exact) mass is 483 g/mol. The molecule has 1 aromatic carbocycles. The van der Waals surface area contributed by atoms with Gasteiger partial charge in [-0.25, -0.2) is 13.2 Å². The average Bonchev–Trinajstić information content (AvgIpc) is 3.41. The van der Waals surface area contributed by atoms with Crippen LogP contribution in [0.4, 0.5) is 26.3 Å². The Morgan fingerprint density at radius 1 is 1.15 bits per heavy atom. The molecule has 0 aliphatic carbocycles. The van der Waals surface area contributed by atoms with E-state index in [9.17, 15) is 31.1 Å². The van der Waals surface area contributed by atoms with Crippen molar-refractivity contribution < 1.29 is 31.1 Å². The van der Waals surface area contributed by atoms with Crippen molar-refractivity contribution in [1.82, 2.24) is 24.9 Å². The number of alkyl halides is 5. The van der Waals surface area contributed by atoms with Crippen molar-refractivity contribution >= 4 is 5.91 Å². The second kappa shape index (κ2) is 8.73. The summed E-state index contributed by atoms with van der Waals surface area (Å²) in [6.07, 6.45) is -2.23. The van der Waals surface area contributed by atoms with Crippen molar-refractivity contribution in [2.45, 2.75) is 44.3 Å². The summed E-state index contributed by atoms with van der Waals surface area (Å²) in [7, 11) is 0. The third kappa shape index (κ3) is 4.48. The van der Waals surface area contributed by atoms with Gasteiger partial charge in [0.2, 0.25) is 0 Å². The van der Waals surface area contributed by atoms with Crippen molar-refractivity contribution in [2.75, 3.05) is 6.54 Å². The van der Waals surface area contributed by atoms with E-state index in [2.05, 4.69) is 15.2 Å². The quantitative estimate of drug-likeness (QED) is 0.498. The number of amides is 1. The van der Waals surface area contributed by atoms with E-state index in [0.717, 1.165) is 21.8 Å². The van der Waals surface area contributed by atoms with Gasteiger partial charge >= 0.3 is 6.18 Å². The van der Waals surface area contributed by atoms with E-state index in [0.29, 0.717) is 6.20 Å². The van der Waals surface area contributed by atoms with Crippen molar-refractivity contribution in [1.29, 1.82) is 0 Å². The Kier molecular flexibility index (Phi) is 6.09. The molecule has 0 radical (unpaired) electrons. The second-order valence-electron chi connectivity index (χ2n) is 8.01. The molecule has 0 saturated carbocycles. The Morgan fingerprint density at radius 2 is 1.85 bits per heavy atom. The van der Waals surface area contributed by atoms with Crippen molar-refractivity contribution in [3.63, 3.8) is 0 Å². The number of pyridine rings is 1. The van der Waals surface area contributed by atoms with Gasteiger partial charge < -0.3 is 4.90 Å². The molecular weight excluding hydrogens is 464 g/mol. The minimum Gasteiger partial charge on any atom is -0.329 e. The number of likely N-dealkylation sites (tertiary alicyclic amines) is 1. The lowest BCUT2D eigenvalue weighted by Gasteiger charge is -2.28. The van der Waals surface area contributed by atoms with E-state index in [1.807, 2.05) is 0 Å². The van der Waals surface area contributed by atoms with E-state index in [1.165, 1.54) is 31.5 Å². The zero-order valence-electron chi connectivity index (χ0n) is 17.9. The van der Waals surface area contributed by atoms with Gasteiger partial charge in [-0.2, -0.15) is 23.4 Å². The summed E-state index contributed by atoms with van der Waals surface area (Å²) < 4.78 is 82.5. The Bertz CT molecular complexity index is 1180. The summed E-state index contributed by atoms with van der Waals surface area (Å²) in [6, 6.07) is 3.12. The largest absolute Gasteiger partial charge is 0.417 e. The number of carbonyl (C=O) groups is 1. The van der Waals surface area contributed by atoms with Crippen LogP contribution in [-0.4, -0.2) is 49.3 Å². The minimum absolute atomic E-state index is 0.0714. The fourth-order valence-corrected chi connectivity index (χ4v) is 3.97. The van der Waals surface area contributed by atoms with Crippen LogP contribution in [0.3, 0.4) is 0 Å². The molecule has 6 nitrogen and oxygen atoms in total. The molecule has 0 bridgehead atoms. The summed E-state index contributed by atoms with van der Waals surface area (Å²) in [4.78, 5) is 18.9. The molecule has 2 aromatic heterocycles. The Hall–Kier alpha value is -3.44. The molecule has 1 aliphatic rings. The third-order valence-corrected chi connectivity index (χ3v) is 5.80. The standard InChI is InChI=1S/C22H19F6N5O/c1-13-2-6-16(19(18(13)23)33-30-9-10-31-33)20(34)32-11-8-21(24,25)17(32)7-5-15-4-3-14(12-29-15)22(26,27)28/h2-4,6,9-10,12,17H,5,7-8,11H2,1H3/t17-/m1/s1. The lowest BCUT2D eigenvalue weighted by atomic mass is 10.0. The second-order valence-corrected chi connectivity index (χ2v) is 8.01. The van der Waals surface area contributed by atoms with Crippen LogP contribution in [0.25, 0.3) is 5.69 Å². The van der Waals surface area contributed by atoms with Gasteiger partial charge in [0.05, 0.1) is 29.6 Å². The third-order valence-electron chi connectivity index (χ3n) is 5.80. The number of benzene rings is 1. The normalized spacial score (nSPS) is 17.9. The predicted molar refractivity (Wildman–Crippen MR) is 108 cm³/mol. The number of hydrogen-bond donors (Lipinski definition) is 0. The highest BCUT2D eigenvalue weighted by molar-refractivity contribution is 5.98. The van der Waals surface area contributed by atoms with Crippen LogP contribution < -0.4 is 0 Å². The Labute approximate surface area is 190 Å². The van der Waals surface area contributed by atoms with Crippen molar-refractivity contribution in [2.24, 2.45) is 0 Å². The lowest BCUT2D eigenvalue weighted by molar-refractivity contribution is -0.137. The van der Waals surface area contributed by atoms with Gasteiger partial charge in [-0.3, -0.25) is 9.78 Å². The van der Waals surface area contributed by atoms with Gasteiger partial charge in [-0.05, 0) is 43.5 Å². The average molecular weight is 483 g/mol. The first-order valence-electron chi connectivity index (χ1n) is 10.4. The number of rotatable bonds is 5. The molecule has 1 saturated heterocycles. The van der Waals surface area contributed by atoms with Crippen LogP contribution in [0, 0.1) is 12.7 Å². The number of aromatic nitrogens is 4. The topological polar surface area (TPSA) is 63.9 Å².